The summed E-state index contributed by atoms with van der Waals surface area (Å²) in [5.74, 6) is 0.916. The van der Waals surface area contributed by atoms with Crippen molar-refractivity contribution in [3.8, 4) is 0 Å². The van der Waals surface area contributed by atoms with Crippen LogP contribution >= 0.6 is 34.5 Å². The van der Waals surface area contributed by atoms with Crippen LogP contribution in [0.3, 0.4) is 0 Å². The zero-order valence-corrected chi connectivity index (χ0v) is 27.9. The van der Waals surface area contributed by atoms with Crippen LogP contribution in [0.5, 0.6) is 0 Å². The summed E-state index contributed by atoms with van der Waals surface area (Å²) in [5, 5.41) is 0.755. The second-order valence-corrected chi connectivity index (χ2v) is 13.1. The number of carbonyl (C=O) groups is 2. The van der Waals surface area contributed by atoms with E-state index in [0.717, 1.165) is 64.7 Å². The zero-order valence-electron chi connectivity index (χ0n) is 25.6. The second kappa shape index (κ2) is 18.7. The van der Waals surface area contributed by atoms with Crippen LogP contribution in [0.25, 0.3) is 0 Å². The molecule has 0 spiro atoms. The maximum absolute atomic E-state index is 11.8. The van der Waals surface area contributed by atoms with Crippen molar-refractivity contribution in [2.24, 2.45) is 5.92 Å². The molecule has 1 saturated heterocycles. The first-order chi connectivity index (χ1) is 20.0. The molecule has 1 aromatic carbocycles. The smallest absolute Gasteiger partial charge is 0.222 e. The minimum atomic E-state index is 0.144. The van der Waals surface area contributed by atoms with Gasteiger partial charge in [-0.1, -0.05) is 77.7 Å². The molecule has 0 saturated carbocycles. The fourth-order valence-corrected chi connectivity index (χ4v) is 5.55. The molecular formula is C34H45Cl2N3O2S. The van der Waals surface area contributed by atoms with Crippen molar-refractivity contribution in [1.29, 1.82) is 0 Å². The van der Waals surface area contributed by atoms with E-state index >= 15 is 0 Å². The van der Waals surface area contributed by atoms with Gasteiger partial charge in [0.05, 0.1) is 10.9 Å². The average Bonchev–Trinajstić information content (AvgIpc) is 3.38. The van der Waals surface area contributed by atoms with Crippen LogP contribution in [0, 0.1) is 5.92 Å². The van der Waals surface area contributed by atoms with Crippen molar-refractivity contribution in [3.63, 3.8) is 0 Å². The van der Waals surface area contributed by atoms with Crippen LogP contribution in [-0.4, -0.2) is 55.3 Å². The molecular weight excluding hydrogens is 585 g/mol. The van der Waals surface area contributed by atoms with Gasteiger partial charge in [-0.25, -0.2) is 0 Å². The van der Waals surface area contributed by atoms with E-state index in [0.29, 0.717) is 13.0 Å². The summed E-state index contributed by atoms with van der Waals surface area (Å²) in [6.45, 7) is 16.4. The number of nitrogens with zero attached hydrogens (tertiary/aromatic N) is 3. The highest BCUT2D eigenvalue weighted by atomic mass is 35.5. The summed E-state index contributed by atoms with van der Waals surface area (Å²) in [4.78, 5) is 29.3. The molecule has 1 atom stereocenters. The molecule has 5 nitrogen and oxygen atoms in total. The molecule has 0 bridgehead atoms. The van der Waals surface area contributed by atoms with Gasteiger partial charge in [0, 0.05) is 55.2 Å². The lowest BCUT2D eigenvalue weighted by atomic mass is 9.92. The molecule has 42 heavy (non-hydrogen) atoms. The molecule has 0 radical (unpaired) electrons. The average molecular weight is 631 g/mol. The summed E-state index contributed by atoms with van der Waals surface area (Å²) in [6.07, 6.45) is 11.9. The molecule has 1 fully saturated rings. The number of hydrogen-bond acceptors (Lipinski definition) is 4. The lowest BCUT2D eigenvalue weighted by Crippen LogP contribution is -2.45. The molecule has 1 aliphatic carbocycles. The van der Waals surface area contributed by atoms with Gasteiger partial charge in [-0.05, 0) is 75.9 Å². The molecule has 228 valence electrons. The predicted octanol–water partition coefficient (Wildman–Crippen LogP) is 8.81. The van der Waals surface area contributed by atoms with Crippen LogP contribution < -0.4 is 4.90 Å². The summed E-state index contributed by atoms with van der Waals surface area (Å²) < 4.78 is 0.759. The molecule has 1 aromatic heterocycles. The monoisotopic (exact) mass is 629 g/mol. The Morgan fingerprint density at radius 2 is 1.76 bits per heavy atom. The summed E-state index contributed by atoms with van der Waals surface area (Å²) in [5.41, 5.74) is 5.12. The maximum atomic E-state index is 11.8. The SMILES string of the molecule is C=C(C)/C=C\CCC(=O)N(C)Cc1ccc(Cl)s1.CC1=CCC(C)C(C)=C1.O=CN1CCN(c2ccc(Cl)cc2)CC1. The third-order valence-electron chi connectivity index (χ3n) is 7.06. The van der Waals surface area contributed by atoms with Gasteiger partial charge in [-0.15, -0.1) is 11.3 Å². The Kier molecular flexibility index (Phi) is 15.7. The fraction of sp³-hybridized carbons (Fsp3) is 0.412. The zero-order chi connectivity index (χ0) is 31.1. The molecule has 8 heteroatoms. The molecule has 4 rings (SSSR count). The topological polar surface area (TPSA) is 43.9 Å². The number of piperazine rings is 1. The summed E-state index contributed by atoms with van der Waals surface area (Å²) in [7, 11) is 1.82. The largest absolute Gasteiger partial charge is 0.368 e. The number of hydrogen-bond donors (Lipinski definition) is 0. The number of anilines is 1. The molecule has 2 heterocycles. The Morgan fingerprint density at radius 1 is 1.10 bits per heavy atom. The van der Waals surface area contributed by atoms with Gasteiger partial charge in [0.2, 0.25) is 12.3 Å². The first-order valence-electron chi connectivity index (χ1n) is 14.3. The van der Waals surface area contributed by atoms with Crippen LogP contribution in [0.15, 0.2) is 84.0 Å². The number of amides is 2. The molecule has 1 aliphatic heterocycles. The summed E-state index contributed by atoms with van der Waals surface area (Å²) >= 11 is 13.2. The van der Waals surface area contributed by atoms with E-state index in [-0.39, 0.29) is 5.91 Å². The Morgan fingerprint density at radius 3 is 2.29 bits per heavy atom. The van der Waals surface area contributed by atoms with E-state index in [2.05, 4.69) is 44.4 Å². The van der Waals surface area contributed by atoms with Gasteiger partial charge in [0.25, 0.3) is 0 Å². The van der Waals surface area contributed by atoms with E-state index in [1.807, 2.05) is 62.5 Å². The fourth-order valence-electron chi connectivity index (χ4n) is 4.29. The van der Waals surface area contributed by atoms with Crippen LogP contribution in [-0.2, 0) is 16.1 Å². The van der Waals surface area contributed by atoms with E-state index < -0.39 is 0 Å². The van der Waals surface area contributed by atoms with Crippen molar-refractivity contribution < 1.29 is 9.59 Å². The van der Waals surface area contributed by atoms with Crippen LogP contribution in [0.1, 0.15) is 51.8 Å². The number of carbonyl (C=O) groups excluding carboxylic acids is 2. The lowest BCUT2D eigenvalue weighted by Gasteiger charge is -2.34. The Bertz CT molecular complexity index is 1240. The third kappa shape index (κ3) is 13.5. The van der Waals surface area contributed by atoms with Crippen LogP contribution in [0.4, 0.5) is 5.69 Å². The first kappa shape index (κ1) is 35.4. The van der Waals surface area contributed by atoms with Gasteiger partial charge in [-0.3, -0.25) is 9.59 Å². The highest BCUT2D eigenvalue weighted by molar-refractivity contribution is 7.16. The van der Waals surface area contributed by atoms with Gasteiger partial charge in [-0.2, -0.15) is 0 Å². The van der Waals surface area contributed by atoms with E-state index in [4.69, 9.17) is 23.2 Å². The molecule has 1 unspecified atom stereocenters. The number of benzene rings is 1. The normalized spacial score (nSPS) is 16.4. The van der Waals surface area contributed by atoms with Crippen molar-refractivity contribution >= 4 is 52.5 Å². The second-order valence-electron chi connectivity index (χ2n) is 10.8. The van der Waals surface area contributed by atoms with Gasteiger partial charge >= 0.3 is 0 Å². The Labute approximate surface area is 266 Å². The van der Waals surface area contributed by atoms with E-state index in [1.165, 1.54) is 34.6 Å². The van der Waals surface area contributed by atoms with Crippen molar-refractivity contribution in [2.45, 2.75) is 53.5 Å². The van der Waals surface area contributed by atoms with Crippen molar-refractivity contribution in [2.75, 3.05) is 38.1 Å². The Balaban J connectivity index is 0.000000232. The quantitative estimate of drug-likeness (QED) is 0.216. The predicted molar refractivity (Wildman–Crippen MR) is 182 cm³/mol. The van der Waals surface area contributed by atoms with Gasteiger partial charge < -0.3 is 14.7 Å². The van der Waals surface area contributed by atoms with Gasteiger partial charge in [0.15, 0.2) is 0 Å². The molecule has 2 amide bonds. The number of thiophene rings is 1. The van der Waals surface area contributed by atoms with Crippen LogP contribution in [0.2, 0.25) is 9.36 Å². The highest BCUT2D eigenvalue weighted by Gasteiger charge is 2.15. The van der Waals surface area contributed by atoms with E-state index in [1.54, 1.807) is 9.80 Å². The number of rotatable bonds is 8. The lowest BCUT2D eigenvalue weighted by molar-refractivity contribution is -0.130. The number of halogens is 2. The molecule has 2 aliphatic rings. The Hall–Kier alpha value is -2.80. The third-order valence-corrected chi connectivity index (χ3v) is 8.52. The number of allylic oxidation sites excluding steroid dienone is 7. The van der Waals surface area contributed by atoms with Crippen molar-refractivity contribution in [1.82, 2.24) is 9.80 Å². The molecule has 0 N–H and O–H groups in total. The first-order valence-corrected chi connectivity index (χ1v) is 15.9. The summed E-state index contributed by atoms with van der Waals surface area (Å²) in [6, 6.07) is 11.6. The maximum Gasteiger partial charge on any atom is 0.222 e. The highest BCUT2D eigenvalue weighted by Crippen LogP contribution is 2.23. The minimum Gasteiger partial charge on any atom is -0.368 e. The minimum absolute atomic E-state index is 0.144. The standard InChI is InChI=1S/C14H18ClNOS.C11H13ClN2O.C9H14/c1-11(2)6-4-5-7-14(17)16(3)10-12-8-9-13(15)18-12;12-10-1-3-11(4-2-10)14-7-5-13(9-15)6-8-14;1-7-4-5-8(2)9(3)6-7/h4,6,8-9H,1,5,7,10H2,2-3H3;1-4,9H,5-8H2;4,6,8H,5H2,1-3H3/b6-4-;;. The van der Waals surface area contributed by atoms with Crippen molar-refractivity contribution in [3.05, 3.63) is 98.2 Å². The van der Waals surface area contributed by atoms with Gasteiger partial charge in [0.1, 0.15) is 0 Å². The molecule has 2 aromatic rings. The van der Waals surface area contributed by atoms with E-state index in [9.17, 15) is 9.59 Å².